The normalized spacial score (nSPS) is 14.4. The van der Waals surface area contributed by atoms with Gasteiger partial charge in [0.1, 0.15) is 0 Å². The summed E-state index contributed by atoms with van der Waals surface area (Å²) < 4.78 is 2.15. The highest BCUT2D eigenvalue weighted by Crippen LogP contribution is 2.19. The molecule has 0 fully saturated rings. The summed E-state index contributed by atoms with van der Waals surface area (Å²) in [6.45, 7) is 13.7. The summed E-state index contributed by atoms with van der Waals surface area (Å²) in [4.78, 5) is 12.5. The highest BCUT2D eigenvalue weighted by molar-refractivity contribution is 5.96. The quantitative estimate of drug-likeness (QED) is 0.841. The zero-order chi connectivity index (χ0) is 15.5. The van der Waals surface area contributed by atoms with Crippen LogP contribution in [0.3, 0.4) is 0 Å². The van der Waals surface area contributed by atoms with Gasteiger partial charge in [-0.25, -0.2) is 0 Å². The predicted molar refractivity (Wildman–Crippen MR) is 84.0 cm³/mol. The first-order chi connectivity index (χ1) is 9.24. The number of carbonyl (C=O) groups is 1. The van der Waals surface area contributed by atoms with Gasteiger partial charge in [-0.05, 0) is 46.1 Å². The lowest BCUT2D eigenvalue weighted by Gasteiger charge is -2.31. The minimum absolute atomic E-state index is 0.0219. The van der Waals surface area contributed by atoms with Crippen LogP contribution in [0.1, 0.15) is 55.9 Å². The molecule has 1 heterocycles. The molecule has 1 atom stereocenters. The molecule has 1 rings (SSSR count). The molecule has 3 N–H and O–H groups in total. The minimum atomic E-state index is -0.347. The predicted octanol–water partition coefficient (Wildman–Crippen LogP) is 2.62. The number of amides is 1. The van der Waals surface area contributed by atoms with Crippen molar-refractivity contribution in [3.8, 4) is 0 Å². The Morgan fingerprint density at radius 2 is 2.05 bits per heavy atom. The fourth-order valence-electron chi connectivity index (χ4n) is 2.95. The van der Waals surface area contributed by atoms with E-state index < -0.39 is 0 Å². The highest BCUT2D eigenvalue weighted by atomic mass is 16.1. The lowest BCUT2D eigenvalue weighted by molar-refractivity contribution is 0.0897. The van der Waals surface area contributed by atoms with Crippen LogP contribution in [0.2, 0.25) is 0 Å². The summed E-state index contributed by atoms with van der Waals surface area (Å²) in [5, 5.41) is 3.12. The van der Waals surface area contributed by atoms with Crippen molar-refractivity contribution in [2.45, 2.75) is 60.0 Å². The molecule has 1 aromatic heterocycles. The molecule has 0 aliphatic heterocycles. The van der Waals surface area contributed by atoms with E-state index in [1.165, 1.54) is 0 Å². The fourth-order valence-corrected chi connectivity index (χ4v) is 2.95. The number of rotatable bonds is 6. The zero-order valence-corrected chi connectivity index (χ0v) is 13.7. The van der Waals surface area contributed by atoms with E-state index in [4.69, 9.17) is 5.73 Å². The van der Waals surface area contributed by atoms with Gasteiger partial charge in [0.05, 0.1) is 5.56 Å². The third kappa shape index (κ3) is 3.63. The van der Waals surface area contributed by atoms with Crippen molar-refractivity contribution in [2.24, 2.45) is 11.7 Å². The lowest BCUT2D eigenvalue weighted by atomic mass is 9.90. The Morgan fingerprint density at radius 3 is 2.45 bits per heavy atom. The molecule has 0 saturated carbocycles. The smallest absolute Gasteiger partial charge is 0.253 e. The maximum Gasteiger partial charge on any atom is 0.253 e. The van der Waals surface area contributed by atoms with Crippen LogP contribution in [0.5, 0.6) is 0 Å². The molecule has 0 aliphatic rings. The second-order valence-corrected chi connectivity index (χ2v) is 6.35. The number of hydrogen-bond acceptors (Lipinski definition) is 2. The molecule has 114 valence electrons. The van der Waals surface area contributed by atoms with Crippen molar-refractivity contribution in [3.63, 3.8) is 0 Å². The molecule has 4 nitrogen and oxygen atoms in total. The second kappa shape index (κ2) is 6.44. The van der Waals surface area contributed by atoms with Crippen LogP contribution in [0.25, 0.3) is 0 Å². The number of nitrogens with two attached hydrogens (primary N) is 1. The van der Waals surface area contributed by atoms with Gasteiger partial charge in [-0.1, -0.05) is 13.8 Å². The molecule has 20 heavy (non-hydrogen) atoms. The maximum atomic E-state index is 12.5. The van der Waals surface area contributed by atoms with Crippen LogP contribution in [-0.2, 0) is 6.54 Å². The summed E-state index contributed by atoms with van der Waals surface area (Å²) >= 11 is 0. The average molecular weight is 279 g/mol. The van der Waals surface area contributed by atoms with Gasteiger partial charge in [0.25, 0.3) is 5.91 Å². The summed E-state index contributed by atoms with van der Waals surface area (Å²) in [6, 6.07) is 1.96. The summed E-state index contributed by atoms with van der Waals surface area (Å²) in [5.74, 6) is 0.471. The van der Waals surface area contributed by atoms with E-state index in [2.05, 4.69) is 30.7 Å². The first-order valence-corrected chi connectivity index (χ1v) is 7.43. The molecule has 4 heteroatoms. The third-order valence-electron chi connectivity index (χ3n) is 3.86. The van der Waals surface area contributed by atoms with E-state index >= 15 is 0 Å². The van der Waals surface area contributed by atoms with Crippen molar-refractivity contribution >= 4 is 5.91 Å². The maximum absolute atomic E-state index is 12.5. The van der Waals surface area contributed by atoms with Gasteiger partial charge in [-0.3, -0.25) is 4.79 Å². The molecule has 0 saturated heterocycles. The Bertz CT molecular complexity index is 476. The lowest BCUT2D eigenvalue weighted by Crippen LogP contribution is -2.52. The fraction of sp³-hybridized carbons (Fsp3) is 0.688. The van der Waals surface area contributed by atoms with Crippen LogP contribution in [0.4, 0.5) is 0 Å². The van der Waals surface area contributed by atoms with Gasteiger partial charge in [0, 0.05) is 30.0 Å². The number of hydrogen-bond donors (Lipinski definition) is 2. The van der Waals surface area contributed by atoms with E-state index in [1.807, 2.05) is 26.8 Å². The molecule has 0 bridgehead atoms. The first kappa shape index (κ1) is 16.8. The minimum Gasteiger partial charge on any atom is -0.349 e. The van der Waals surface area contributed by atoms with Crippen LogP contribution in [-0.4, -0.2) is 22.6 Å². The summed E-state index contributed by atoms with van der Waals surface area (Å²) in [6.07, 6.45) is 0.877. The Morgan fingerprint density at radius 1 is 1.45 bits per heavy atom. The van der Waals surface area contributed by atoms with Gasteiger partial charge >= 0.3 is 0 Å². The van der Waals surface area contributed by atoms with Gasteiger partial charge in [-0.15, -0.1) is 0 Å². The van der Waals surface area contributed by atoms with Crippen molar-refractivity contribution in [3.05, 3.63) is 23.0 Å². The van der Waals surface area contributed by atoms with E-state index in [9.17, 15) is 4.79 Å². The Hall–Kier alpha value is -1.29. The van der Waals surface area contributed by atoms with E-state index in [0.717, 1.165) is 29.9 Å². The Kier molecular flexibility index (Phi) is 5.40. The number of nitrogens with zero attached hydrogens (tertiary/aromatic N) is 1. The molecule has 1 aromatic rings. The Balaban J connectivity index is 2.96. The van der Waals surface area contributed by atoms with Gasteiger partial charge < -0.3 is 15.6 Å². The van der Waals surface area contributed by atoms with Crippen LogP contribution >= 0.6 is 0 Å². The molecule has 0 aliphatic carbocycles. The van der Waals surface area contributed by atoms with Gasteiger partial charge in [-0.2, -0.15) is 0 Å². The third-order valence-corrected chi connectivity index (χ3v) is 3.86. The highest BCUT2D eigenvalue weighted by Gasteiger charge is 2.27. The zero-order valence-electron chi connectivity index (χ0n) is 13.7. The molecule has 0 aromatic carbocycles. The number of aryl methyl sites for hydroxylation is 1. The SMILES string of the molecule is CCn1c(C)cc(C(=O)NC(C)(CN)CC(C)C)c1C. The summed E-state index contributed by atoms with van der Waals surface area (Å²) in [7, 11) is 0. The standard InChI is InChI=1S/C16H29N3O/c1-7-19-12(4)8-14(13(19)5)15(20)18-16(6,10-17)9-11(2)3/h8,11H,7,9-10,17H2,1-6H3,(H,18,20). The summed E-state index contributed by atoms with van der Waals surface area (Å²) in [5.41, 5.74) is 8.41. The van der Waals surface area contributed by atoms with Crippen LogP contribution in [0.15, 0.2) is 6.07 Å². The molecule has 0 spiro atoms. The van der Waals surface area contributed by atoms with Crippen molar-refractivity contribution in [1.82, 2.24) is 9.88 Å². The van der Waals surface area contributed by atoms with Crippen LogP contribution in [0, 0.1) is 19.8 Å². The van der Waals surface area contributed by atoms with E-state index in [-0.39, 0.29) is 11.4 Å². The largest absolute Gasteiger partial charge is 0.349 e. The number of aromatic nitrogens is 1. The van der Waals surface area contributed by atoms with E-state index in [0.29, 0.717) is 12.5 Å². The molecular formula is C16H29N3O. The molecule has 0 radical (unpaired) electrons. The average Bonchev–Trinajstić information content (AvgIpc) is 2.63. The second-order valence-electron chi connectivity index (χ2n) is 6.35. The van der Waals surface area contributed by atoms with Crippen LogP contribution < -0.4 is 11.1 Å². The van der Waals surface area contributed by atoms with Crippen molar-refractivity contribution in [2.75, 3.05) is 6.54 Å². The van der Waals surface area contributed by atoms with E-state index in [1.54, 1.807) is 0 Å². The first-order valence-electron chi connectivity index (χ1n) is 7.43. The monoisotopic (exact) mass is 279 g/mol. The number of carbonyl (C=O) groups excluding carboxylic acids is 1. The molecule has 1 unspecified atom stereocenters. The van der Waals surface area contributed by atoms with Gasteiger partial charge in [0.2, 0.25) is 0 Å². The Labute approximate surface area is 122 Å². The van der Waals surface area contributed by atoms with Gasteiger partial charge in [0.15, 0.2) is 0 Å². The topological polar surface area (TPSA) is 60.0 Å². The molecule has 1 amide bonds. The van der Waals surface area contributed by atoms with Crippen molar-refractivity contribution in [1.29, 1.82) is 0 Å². The van der Waals surface area contributed by atoms with Crippen molar-refractivity contribution < 1.29 is 4.79 Å². The number of nitrogens with one attached hydrogen (secondary N) is 1. The molecular weight excluding hydrogens is 250 g/mol.